The Balaban J connectivity index is 2.20. The average molecular weight is 250 g/mol. The number of nitrogens with two attached hydrogens (primary N) is 1. The fourth-order valence-corrected chi connectivity index (χ4v) is 2.21. The van der Waals surface area contributed by atoms with Gasteiger partial charge < -0.3 is 15.1 Å². The number of hydrogen-bond donors (Lipinski definition) is 2. The number of morpholine rings is 1. The molecule has 98 valence electrons. The van der Waals surface area contributed by atoms with Crippen LogP contribution in [-0.4, -0.2) is 41.1 Å². The zero-order valence-corrected chi connectivity index (χ0v) is 10.6. The number of nitrogens with one attached hydrogen (secondary N) is 1. The number of ether oxygens (including phenoxy) is 1. The fraction of sp³-hybridized carbons (Fsp3) is 0.500. The minimum absolute atomic E-state index is 0.0451. The quantitative estimate of drug-likeness (QED) is 0.594. The maximum absolute atomic E-state index is 12.4. The lowest BCUT2D eigenvalue weighted by Gasteiger charge is -2.35. The molecule has 0 saturated carbocycles. The van der Waals surface area contributed by atoms with E-state index in [1.54, 1.807) is 23.2 Å². The Labute approximate surface area is 106 Å². The number of amides is 1. The first-order chi connectivity index (χ1) is 8.61. The molecule has 1 fully saturated rings. The molecular formula is C12H18N4O2. The first kappa shape index (κ1) is 12.8. The molecule has 1 amide bonds. The van der Waals surface area contributed by atoms with Crippen LogP contribution in [0, 0.1) is 0 Å². The lowest BCUT2D eigenvalue weighted by molar-refractivity contribution is -0.0586. The Morgan fingerprint density at radius 2 is 2.17 bits per heavy atom. The van der Waals surface area contributed by atoms with E-state index in [0.29, 0.717) is 24.5 Å². The van der Waals surface area contributed by atoms with Crippen molar-refractivity contribution < 1.29 is 9.53 Å². The predicted octanol–water partition coefficient (Wildman–Crippen LogP) is 0.617. The van der Waals surface area contributed by atoms with E-state index in [1.165, 1.54) is 0 Å². The summed E-state index contributed by atoms with van der Waals surface area (Å²) in [4.78, 5) is 18.2. The number of nitrogen functional groups attached to an aromatic ring is 1. The largest absolute Gasteiger partial charge is 0.372 e. The fourth-order valence-electron chi connectivity index (χ4n) is 2.21. The SMILES string of the molecule is CC1CN(C(=O)c2cccnc2NN)CC(C)O1. The second kappa shape index (κ2) is 5.32. The van der Waals surface area contributed by atoms with E-state index in [2.05, 4.69) is 10.4 Å². The van der Waals surface area contributed by atoms with Crippen LogP contribution < -0.4 is 11.3 Å². The van der Waals surface area contributed by atoms with Gasteiger partial charge in [0, 0.05) is 19.3 Å². The summed E-state index contributed by atoms with van der Waals surface area (Å²) in [6, 6.07) is 3.44. The van der Waals surface area contributed by atoms with Crippen LogP contribution in [0.3, 0.4) is 0 Å². The molecule has 6 heteroatoms. The van der Waals surface area contributed by atoms with Gasteiger partial charge in [-0.15, -0.1) is 0 Å². The number of carbonyl (C=O) groups excluding carboxylic acids is 1. The van der Waals surface area contributed by atoms with Gasteiger partial charge in [-0.2, -0.15) is 0 Å². The number of nitrogens with zero attached hydrogens (tertiary/aromatic N) is 2. The Bertz CT molecular complexity index is 428. The summed E-state index contributed by atoms with van der Waals surface area (Å²) >= 11 is 0. The van der Waals surface area contributed by atoms with E-state index >= 15 is 0 Å². The molecule has 1 saturated heterocycles. The topological polar surface area (TPSA) is 80.5 Å². The number of carbonyl (C=O) groups is 1. The summed E-state index contributed by atoms with van der Waals surface area (Å²) in [5.41, 5.74) is 2.94. The average Bonchev–Trinajstić information content (AvgIpc) is 2.36. The van der Waals surface area contributed by atoms with Gasteiger partial charge in [-0.1, -0.05) is 0 Å². The van der Waals surface area contributed by atoms with E-state index in [0.717, 1.165) is 0 Å². The molecule has 0 aromatic carbocycles. The molecule has 3 N–H and O–H groups in total. The van der Waals surface area contributed by atoms with Gasteiger partial charge in [0.05, 0.1) is 17.8 Å². The number of pyridine rings is 1. The molecule has 2 atom stereocenters. The van der Waals surface area contributed by atoms with Gasteiger partial charge in [-0.25, -0.2) is 10.8 Å². The van der Waals surface area contributed by atoms with Gasteiger partial charge in [-0.05, 0) is 26.0 Å². The molecular weight excluding hydrogens is 232 g/mol. The lowest BCUT2D eigenvalue weighted by atomic mass is 10.1. The van der Waals surface area contributed by atoms with Gasteiger partial charge in [0.15, 0.2) is 5.82 Å². The molecule has 1 aromatic rings. The Morgan fingerprint density at radius 3 is 2.78 bits per heavy atom. The van der Waals surface area contributed by atoms with Crippen LogP contribution in [-0.2, 0) is 4.74 Å². The second-order valence-electron chi connectivity index (χ2n) is 4.51. The predicted molar refractivity (Wildman–Crippen MR) is 68.0 cm³/mol. The normalized spacial score (nSPS) is 23.8. The zero-order chi connectivity index (χ0) is 13.1. The molecule has 0 spiro atoms. The Kier molecular flexibility index (Phi) is 3.78. The molecule has 6 nitrogen and oxygen atoms in total. The van der Waals surface area contributed by atoms with E-state index < -0.39 is 0 Å². The number of hydrogen-bond acceptors (Lipinski definition) is 5. The van der Waals surface area contributed by atoms with Crippen molar-refractivity contribution in [1.82, 2.24) is 9.88 Å². The van der Waals surface area contributed by atoms with Gasteiger partial charge >= 0.3 is 0 Å². The summed E-state index contributed by atoms with van der Waals surface area (Å²) in [5, 5.41) is 0. The summed E-state index contributed by atoms with van der Waals surface area (Å²) < 4.78 is 5.61. The van der Waals surface area contributed by atoms with Crippen LogP contribution in [0.25, 0.3) is 0 Å². The lowest BCUT2D eigenvalue weighted by Crippen LogP contribution is -2.48. The smallest absolute Gasteiger partial charge is 0.257 e. The van der Waals surface area contributed by atoms with Crippen molar-refractivity contribution in [2.75, 3.05) is 18.5 Å². The van der Waals surface area contributed by atoms with Crippen molar-refractivity contribution >= 4 is 11.7 Å². The molecule has 0 radical (unpaired) electrons. The molecule has 0 bridgehead atoms. The number of aromatic nitrogens is 1. The van der Waals surface area contributed by atoms with E-state index in [4.69, 9.17) is 10.6 Å². The molecule has 2 rings (SSSR count). The van der Waals surface area contributed by atoms with Crippen molar-refractivity contribution in [1.29, 1.82) is 0 Å². The highest BCUT2D eigenvalue weighted by molar-refractivity contribution is 5.98. The molecule has 1 aliphatic rings. The van der Waals surface area contributed by atoms with Crippen molar-refractivity contribution in [3.05, 3.63) is 23.9 Å². The van der Waals surface area contributed by atoms with Gasteiger partial charge in [0.2, 0.25) is 0 Å². The first-order valence-electron chi connectivity index (χ1n) is 5.98. The van der Waals surface area contributed by atoms with Gasteiger partial charge in [0.25, 0.3) is 5.91 Å². The molecule has 1 aliphatic heterocycles. The van der Waals surface area contributed by atoms with E-state index in [1.807, 2.05) is 13.8 Å². The Morgan fingerprint density at radius 1 is 1.50 bits per heavy atom. The minimum Gasteiger partial charge on any atom is -0.372 e. The number of anilines is 1. The van der Waals surface area contributed by atoms with Gasteiger partial charge in [0.1, 0.15) is 0 Å². The molecule has 2 heterocycles. The summed E-state index contributed by atoms with van der Waals surface area (Å²) in [7, 11) is 0. The first-order valence-corrected chi connectivity index (χ1v) is 5.98. The van der Waals surface area contributed by atoms with Crippen molar-refractivity contribution in [2.24, 2.45) is 5.84 Å². The zero-order valence-electron chi connectivity index (χ0n) is 10.6. The highest BCUT2D eigenvalue weighted by Crippen LogP contribution is 2.17. The Hall–Kier alpha value is -1.66. The molecule has 2 unspecified atom stereocenters. The maximum atomic E-state index is 12.4. The standard InChI is InChI=1S/C12H18N4O2/c1-8-6-16(7-9(2)18-8)12(17)10-4-3-5-14-11(10)15-13/h3-5,8-9H,6-7,13H2,1-2H3,(H,14,15). The van der Waals surface area contributed by atoms with Crippen LogP contribution in [0.5, 0.6) is 0 Å². The third-order valence-electron chi connectivity index (χ3n) is 2.88. The van der Waals surface area contributed by atoms with Crippen LogP contribution in [0.4, 0.5) is 5.82 Å². The van der Waals surface area contributed by atoms with Crippen molar-refractivity contribution in [3.8, 4) is 0 Å². The molecule has 0 aliphatic carbocycles. The number of rotatable bonds is 2. The highest BCUT2D eigenvalue weighted by atomic mass is 16.5. The molecule has 18 heavy (non-hydrogen) atoms. The van der Waals surface area contributed by atoms with Crippen molar-refractivity contribution in [3.63, 3.8) is 0 Å². The van der Waals surface area contributed by atoms with Crippen LogP contribution >= 0.6 is 0 Å². The maximum Gasteiger partial charge on any atom is 0.257 e. The summed E-state index contributed by atoms with van der Waals surface area (Å²) in [6.45, 7) is 5.09. The van der Waals surface area contributed by atoms with E-state index in [-0.39, 0.29) is 18.1 Å². The number of hydrazine groups is 1. The summed E-state index contributed by atoms with van der Waals surface area (Å²) in [6.07, 6.45) is 1.68. The van der Waals surface area contributed by atoms with Crippen LogP contribution in [0.1, 0.15) is 24.2 Å². The molecule has 1 aromatic heterocycles. The van der Waals surface area contributed by atoms with Crippen molar-refractivity contribution in [2.45, 2.75) is 26.1 Å². The minimum atomic E-state index is -0.0712. The van der Waals surface area contributed by atoms with Crippen LogP contribution in [0.2, 0.25) is 0 Å². The third kappa shape index (κ3) is 2.60. The van der Waals surface area contributed by atoms with Crippen LogP contribution in [0.15, 0.2) is 18.3 Å². The van der Waals surface area contributed by atoms with E-state index in [9.17, 15) is 4.79 Å². The monoisotopic (exact) mass is 250 g/mol. The third-order valence-corrected chi connectivity index (χ3v) is 2.88. The summed E-state index contributed by atoms with van der Waals surface area (Å²) in [5.74, 6) is 5.69. The highest BCUT2D eigenvalue weighted by Gasteiger charge is 2.27. The van der Waals surface area contributed by atoms with Gasteiger partial charge in [-0.3, -0.25) is 4.79 Å². The second-order valence-corrected chi connectivity index (χ2v) is 4.51.